The molecule has 0 radical (unpaired) electrons. The summed E-state index contributed by atoms with van der Waals surface area (Å²) >= 11 is 0. The fourth-order valence-corrected chi connectivity index (χ4v) is 1.70. The van der Waals surface area contributed by atoms with Crippen LogP contribution in [0.4, 0.5) is 23.4 Å². The van der Waals surface area contributed by atoms with Crippen LogP contribution in [-0.2, 0) is 11.2 Å². The summed E-state index contributed by atoms with van der Waals surface area (Å²) in [7, 11) is 0. The first kappa shape index (κ1) is 11.8. The number of carbonyl (C=O) groups excluding carboxylic acids is 1. The van der Waals surface area contributed by atoms with Gasteiger partial charge in [-0.15, -0.1) is 0 Å². The smallest absolute Gasteiger partial charge is 0.293 e. The van der Waals surface area contributed by atoms with Crippen LogP contribution >= 0.6 is 0 Å². The van der Waals surface area contributed by atoms with Gasteiger partial charge in [0.15, 0.2) is 0 Å². The summed E-state index contributed by atoms with van der Waals surface area (Å²) < 4.78 is 49.2. The second kappa shape index (κ2) is 3.97. The van der Waals surface area contributed by atoms with Crippen molar-refractivity contribution in [3.8, 4) is 0 Å². The summed E-state index contributed by atoms with van der Waals surface area (Å²) in [5.74, 6) is -1.49. The highest BCUT2D eigenvalue weighted by atomic mass is 19.4. The molecule has 1 atom stereocenters. The van der Waals surface area contributed by atoms with Gasteiger partial charge in [-0.3, -0.25) is 9.69 Å². The number of aromatic nitrogens is 1. The maximum atomic E-state index is 12.9. The van der Waals surface area contributed by atoms with E-state index in [4.69, 9.17) is 0 Å². The number of amides is 1. The maximum Gasteiger partial charge on any atom is 0.428 e. The van der Waals surface area contributed by atoms with Crippen molar-refractivity contribution < 1.29 is 22.4 Å². The molecular weight excluding hydrogens is 240 g/mol. The van der Waals surface area contributed by atoms with E-state index in [-0.39, 0.29) is 12.4 Å². The van der Waals surface area contributed by atoms with E-state index in [0.29, 0.717) is 12.0 Å². The van der Waals surface area contributed by atoms with Gasteiger partial charge >= 0.3 is 6.18 Å². The molecule has 0 fully saturated rings. The SMILES string of the molecule is O=C([C@@H](F)C(F)(F)F)N1CCc2cccnc21. The Morgan fingerprint density at radius 1 is 1.47 bits per heavy atom. The molecule has 1 aromatic rings. The standard InChI is InChI=1S/C10H8F4N2O/c11-7(10(12,13)14)9(17)16-5-3-6-2-1-4-15-8(6)16/h1-2,4,7H,3,5H2/t7-/m1/s1. The molecule has 1 aliphatic rings. The number of alkyl halides is 4. The Kier molecular flexibility index (Phi) is 2.76. The minimum absolute atomic E-state index is 0.0294. The predicted molar refractivity (Wildman–Crippen MR) is 51.2 cm³/mol. The molecule has 2 heterocycles. The molecule has 1 amide bonds. The van der Waals surface area contributed by atoms with Gasteiger partial charge in [0.2, 0.25) is 0 Å². The van der Waals surface area contributed by atoms with Gasteiger partial charge < -0.3 is 0 Å². The van der Waals surface area contributed by atoms with Gasteiger partial charge in [-0.25, -0.2) is 9.37 Å². The van der Waals surface area contributed by atoms with Crippen LogP contribution in [0.5, 0.6) is 0 Å². The zero-order chi connectivity index (χ0) is 12.6. The summed E-state index contributed by atoms with van der Waals surface area (Å²) in [6.07, 6.45) is -6.92. The van der Waals surface area contributed by atoms with E-state index < -0.39 is 18.3 Å². The normalized spacial score (nSPS) is 16.8. The minimum Gasteiger partial charge on any atom is -0.293 e. The molecule has 2 rings (SSSR count). The number of halogens is 4. The van der Waals surface area contributed by atoms with Gasteiger partial charge in [-0.2, -0.15) is 13.2 Å². The largest absolute Gasteiger partial charge is 0.428 e. The van der Waals surface area contributed by atoms with E-state index in [9.17, 15) is 22.4 Å². The van der Waals surface area contributed by atoms with Gasteiger partial charge in [-0.05, 0) is 18.1 Å². The van der Waals surface area contributed by atoms with Crippen LogP contribution in [-0.4, -0.2) is 29.8 Å². The van der Waals surface area contributed by atoms with Gasteiger partial charge in [0.1, 0.15) is 5.82 Å². The molecule has 7 heteroatoms. The molecule has 0 spiro atoms. The van der Waals surface area contributed by atoms with Crippen LogP contribution in [0, 0.1) is 0 Å². The van der Waals surface area contributed by atoms with E-state index in [1.165, 1.54) is 6.20 Å². The van der Waals surface area contributed by atoms with Crippen molar-refractivity contribution >= 4 is 11.7 Å². The lowest BCUT2D eigenvalue weighted by Gasteiger charge is -2.19. The number of rotatable bonds is 1. The molecule has 92 valence electrons. The Hall–Kier alpha value is -1.66. The Morgan fingerprint density at radius 2 is 2.18 bits per heavy atom. The Morgan fingerprint density at radius 3 is 2.82 bits per heavy atom. The first-order valence-electron chi connectivity index (χ1n) is 4.87. The molecule has 0 bridgehead atoms. The highest BCUT2D eigenvalue weighted by Crippen LogP contribution is 2.30. The number of fused-ring (bicyclic) bond motifs is 1. The summed E-state index contributed by atoms with van der Waals surface area (Å²) in [5, 5.41) is 0. The zero-order valence-electron chi connectivity index (χ0n) is 8.54. The lowest BCUT2D eigenvalue weighted by atomic mass is 10.2. The lowest BCUT2D eigenvalue weighted by molar-refractivity contribution is -0.185. The molecule has 0 saturated heterocycles. The van der Waals surface area contributed by atoms with Crippen LogP contribution < -0.4 is 4.90 Å². The van der Waals surface area contributed by atoms with Crippen LogP contribution in [0.2, 0.25) is 0 Å². The molecule has 17 heavy (non-hydrogen) atoms. The lowest BCUT2D eigenvalue weighted by Crippen LogP contribution is -2.43. The molecular formula is C10H8F4N2O. The molecule has 3 nitrogen and oxygen atoms in total. The third-order valence-corrected chi connectivity index (χ3v) is 2.50. The zero-order valence-corrected chi connectivity index (χ0v) is 8.54. The van der Waals surface area contributed by atoms with Crippen molar-refractivity contribution in [2.75, 3.05) is 11.4 Å². The molecule has 0 N–H and O–H groups in total. The first-order chi connectivity index (χ1) is 7.91. The first-order valence-corrected chi connectivity index (χ1v) is 4.87. The van der Waals surface area contributed by atoms with Crippen molar-refractivity contribution in [1.82, 2.24) is 4.98 Å². The Balaban J connectivity index is 2.24. The highest BCUT2D eigenvalue weighted by Gasteiger charge is 2.48. The number of hydrogen-bond donors (Lipinski definition) is 0. The average molecular weight is 248 g/mol. The van der Waals surface area contributed by atoms with Crippen LogP contribution in [0.1, 0.15) is 5.56 Å². The number of hydrogen-bond acceptors (Lipinski definition) is 2. The minimum atomic E-state index is -5.17. The topological polar surface area (TPSA) is 33.2 Å². The second-order valence-corrected chi connectivity index (χ2v) is 3.63. The van der Waals surface area contributed by atoms with Gasteiger partial charge in [-0.1, -0.05) is 6.07 Å². The van der Waals surface area contributed by atoms with Crippen LogP contribution in [0.15, 0.2) is 18.3 Å². The van der Waals surface area contributed by atoms with Crippen molar-refractivity contribution in [3.05, 3.63) is 23.9 Å². The molecule has 0 aromatic carbocycles. The number of anilines is 1. The molecule has 0 unspecified atom stereocenters. The fraction of sp³-hybridized carbons (Fsp3) is 0.400. The Bertz CT molecular complexity index is 446. The molecule has 0 saturated carbocycles. The predicted octanol–water partition coefficient (Wildman–Crippen LogP) is 1.87. The summed E-state index contributed by atoms with van der Waals surface area (Å²) in [5.41, 5.74) is 0.648. The molecule has 1 aliphatic heterocycles. The van der Waals surface area contributed by atoms with E-state index >= 15 is 0 Å². The van der Waals surface area contributed by atoms with E-state index in [1.54, 1.807) is 12.1 Å². The average Bonchev–Trinajstić information content (AvgIpc) is 2.69. The Labute approximate surface area is 94.1 Å². The van der Waals surface area contributed by atoms with E-state index in [2.05, 4.69) is 4.98 Å². The fourth-order valence-electron chi connectivity index (χ4n) is 1.70. The third kappa shape index (κ3) is 2.09. The third-order valence-electron chi connectivity index (χ3n) is 2.50. The quantitative estimate of drug-likeness (QED) is 0.711. The summed E-state index contributed by atoms with van der Waals surface area (Å²) in [6.45, 7) is 0.0294. The van der Waals surface area contributed by atoms with E-state index in [1.807, 2.05) is 0 Å². The van der Waals surface area contributed by atoms with Crippen molar-refractivity contribution in [2.45, 2.75) is 18.8 Å². The van der Waals surface area contributed by atoms with Crippen molar-refractivity contribution in [1.29, 1.82) is 0 Å². The van der Waals surface area contributed by atoms with Gasteiger partial charge in [0.05, 0.1) is 0 Å². The maximum absolute atomic E-state index is 12.9. The second-order valence-electron chi connectivity index (χ2n) is 3.63. The summed E-state index contributed by atoms with van der Waals surface area (Å²) in [4.78, 5) is 15.9. The van der Waals surface area contributed by atoms with Gasteiger partial charge in [0, 0.05) is 12.7 Å². The highest BCUT2D eigenvalue weighted by molar-refractivity contribution is 5.97. The van der Waals surface area contributed by atoms with E-state index in [0.717, 1.165) is 4.90 Å². The monoisotopic (exact) mass is 248 g/mol. The molecule has 0 aliphatic carbocycles. The van der Waals surface area contributed by atoms with Crippen LogP contribution in [0.25, 0.3) is 0 Å². The number of nitrogens with zero attached hydrogens (tertiary/aromatic N) is 2. The number of carbonyl (C=O) groups is 1. The van der Waals surface area contributed by atoms with Crippen LogP contribution in [0.3, 0.4) is 0 Å². The van der Waals surface area contributed by atoms with Crippen molar-refractivity contribution in [2.24, 2.45) is 0 Å². The summed E-state index contributed by atoms with van der Waals surface area (Å²) in [6, 6.07) is 3.26. The van der Waals surface area contributed by atoms with Gasteiger partial charge in [0.25, 0.3) is 12.1 Å². The van der Waals surface area contributed by atoms with Crippen molar-refractivity contribution in [3.63, 3.8) is 0 Å². The number of pyridine rings is 1. The molecule has 1 aromatic heterocycles.